The molecule has 36 heavy (non-hydrogen) atoms. The maximum atomic E-state index is 13.4. The molecule has 0 atom stereocenters. The van der Waals surface area contributed by atoms with Gasteiger partial charge in [0.2, 0.25) is 0 Å². The van der Waals surface area contributed by atoms with Crippen LogP contribution >= 0.6 is 0 Å². The Hall–Kier alpha value is -4.21. The number of aryl methyl sites for hydroxylation is 2. The van der Waals surface area contributed by atoms with Crippen LogP contribution in [0.4, 0.5) is 4.39 Å². The van der Waals surface area contributed by atoms with Gasteiger partial charge in [0.25, 0.3) is 5.91 Å². The van der Waals surface area contributed by atoms with Crippen LogP contribution in [0, 0.1) is 19.7 Å². The Morgan fingerprint density at radius 2 is 1.81 bits per heavy atom. The Morgan fingerprint density at radius 1 is 1.08 bits per heavy atom. The van der Waals surface area contributed by atoms with Gasteiger partial charge in [-0.15, -0.1) is 0 Å². The number of Topliss-reactive ketones (excluding diaryl/α,β-unsaturated/α-hetero) is 1. The van der Waals surface area contributed by atoms with Crippen LogP contribution in [-0.2, 0) is 24.7 Å². The molecule has 186 valence electrons. The maximum Gasteiger partial charge on any atom is 0.255 e. The Balaban J connectivity index is 1.65. The highest BCUT2D eigenvalue weighted by Gasteiger charge is 2.21. The summed E-state index contributed by atoms with van der Waals surface area (Å²) >= 11 is 0. The zero-order valence-corrected chi connectivity index (χ0v) is 21.0. The summed E-state index contributed by atoms with van der Waals surface area (Å²) in [6, 6.07) is 8.22. The SMILES string of the molecule is CCc1c(Cc2cc(-n3nc(C)c(C(=O)NCC(C)=O)c3C)ncn2)nn(C)c1-c1ccc(F)cc1. The lowest BCUT2D eigenvalue weighted by molar-refractivity contribution is -0.116. The molecular formula is C26H28FN7O2. The summed E-state index contributed by atoms with van der Waals surface area (Å²) in [6.45, 7) is 6.97. The standard InChI is InChI=1S/C26H28FN7O2/c1-6-21-22(32-33(5)25(21)18-7-9-19(27)10-8-18)11-20-12-23(30-14-29-20)34-17(4)24(16(3)31-34)26(36)28-13-15(2)35/h7-10,12,14H,6,11,13H2,1-5H3,(H,28,36). The molecule has 4 aromatic rings. The van der Waals surface area contributed by atoms with Gasteiger partial charge in [-0.1, -0.05) is 6.92 Å². The van der Waals surface area contributed by atoms with Crippen molar-refractivity contribution in [1.82, 2.24) is 34.8 Å². The number of amides is 1. The minimum absolute atomic E-state index is 0.0374. The van der Waals surface area contributed by atoms with Gasteiger partial charge in [-0.3, -0.25) is 14.3 Å². The van der Waals surface area contributed by atoms with Crippen LogP contribution in [-0.4, -0.2) is 47.8 Å². The molecule has 0 radical (unpaired) electrons. The molecule has 10 heteroatoms. The summed E-state index contributed by atoms with van der Waals surface area (Å²) in [7, 11) is 1.88. The van der Waals surface area contributed by atoms with E-state index in [1.54, 1.807) is 30.7 Å². The van der Waals surface area contributed by atoms with Crippen LogP contribution in [0.25, 0.3) is 17.1 Å². The molecule has 0 aliphatic carbocycles. The second kappa shape index (κ2) is 10.2. The maximum absolute atomic E-state index is 13.4. The predicted octanol–water partition coefficient (Wildman–Crippen LogP) is 3.29. The largest absolute Gasteiger partial charge is 0.345 e. The van der Waals surface area contributed by atoms with Crippen molar-refractivity contribution in [2.45, 2.75) is 40.5 Å². The molecule has 0 unspecified atom stereocenters. The Kier molecular flexibility index (Phi) is 7.05. The van der Waals surface area contributed by atoms with E-state index in [9.17, 15) is 14.0 Å². The number of aromatic nitrogens is 6. The van der Waals surface area contributed by atoms with Gasteiger partial charge in [0.1, 0.15) is 17.9 Å². The Labute approximate surface area is 208 Å². The van der Waals surface area contributed by atoms with Crippen LogP contribution in [0.1, 0.15) is 52.5 Å². The van der Waals surface area contributed by atoms with E-state index in [4.69, 9.17) is 5.10 Å². The number of hydrogen-bond donors (Lipinski definition) is 1. The molecule has 3 aromatic heterocycles. The van der Waals surface area contributed by atoms with Crippen molar-refractivity contribution >= 4 is 11.7 Å². The minimum Gasteiger partial charge on any atom is -0.345 e. The van der Waals surface area contributed by atoms with Crippen molar-refractivity contribution in [1.29, 1.82) is 0 Å². The number of nitrogens with one attached hydrogen (secondary N) is 1. The second-order valence-corrected chi connectivity index (χ2v) is 8.64. The molecule has 1 N–H and O–H groups in total. The molecule has 1 aromatic carbocycles. The van der Waals surface area contributed by atoms with Crippen LogP contribution in [0.15, 0.2) is 36.7 Å². The molecule has 0 bridgehead atoms. The van der Waals surface area contributed by atoms with Crippen molar-refractivity contribution < 1.29 is 14.0 Å². The lowest BCUT2D eigenvalue weighted by Gasteiger charge is -2.07. The van der Waals surface area contributed by atoms with Gasteiger partial charge in [-0.2, -0.15) is 10.2 Å². The van der Waals surface area contributed by atoms with E-state index in [1.165, 1.54) is 25.4 Å². The fraction of sp³-hybridized carbons (Fsp3) is 0.308. The summed E-state index contributed by atoms with van der Waals surface area (Å²) < 4.78 is 16.9. The summed E-state index contributed by atoms with van der Waals surface area (Å²) in [5.74, 6) is -0.236. The monoisotopic (exact) mass is 489 g/mol. The van der Waals surface area contributed by atoms with Crippen LogP contribution in [0.2, 0.25) is 0 Å². The van der Waals surface area contributed by atoms with Gasteiger partial charge in [0.05, 0.1) is 40.6 Å². The molecule has 0 saturated heterocycles. The van der Waals surface area contributed by atoms with E-state index in [0.717, 1.165) is 34.6 Å². The molecule has 4 rings (SSSR count). The number of hydrogen-bond acceptors (Lipinski definition) is 6. The third-order valence-electron chi connectivity index (χ3n) is 5.99. The molecule has 0 saturated carbocycles. The molecule has 0 fully saturated rings. The third-order valence-corrected chi connectivity index (χ3v) is 5.99. The second-order valence-electron chi connectivity index (χ2n) is 8.64. The summed E-state index contributed by atoms with van der Waals surface area (Å²) in [6.07, 6.45) is 2.69. The van der Waals surface area contributed by atoms with Gasteiger partial charge in [-0.25, -0.2) is 19.0 Å². The van der Waals surface area contributed by atoms with Gasteiger partial charge in [0.15, 0.2) is 5.82 Å². The van der Waals surface area contributed by atoms with Crippen molar-refractivity contribution in [3.8, 4) is 17.1 Å². The minimum atomic E-state index is -0.352. The highest BCUT2D eigenvalue weighted by atomic mass is 19.1. The molecule has 0 aliphatic heterocycles. The predicted molar refractivity (Wildman–Crippen MR) is 132 cm³/mol. The molecule has 3 heterocycles. The lowest BCUT2D eigenvalue weighted by atomic mass is 10.0. The van der Waals surface area contributed by atoms with E-state index in [-0.39, 0.29) is 24.1 Å². The Morgan fingerprint density at radius 3 is 2.47 bits per heavy atom. The average Bonchev–Trinajstić information content (AvgIpc) is 3.32. The molecular weight excluding hydrogens is 461 g/mol. The number of carbonyl (C=O) groups excluding carboxylic acids is 2. The first kappa shape index (κ1) is 24.9. The van der Waals surface area contributed by atoms with Crippen molar-refractivity contribution in [3.05, 3.63) is 76.4 Å². The first-order valence-corrected chi connectivity index (χ1v) is 11.6. The lowest BCUT2D eigenvalue weighted by Crippen LogP contribution is -2.29. The number of benzene rings is 1. The molecule has 9 nitrogen and oxygen atoms in total. The number of halogens is 1. The zero-order chi connectivity index (χ0) is 26.0. The summed E-state index contributed by atoms with van der Waals surface area (Å²) in [5.41, 5.74) is 6.10. The van der Waals surface area contributed by atoms with E-state index in [0.29, 0.717) is 29.2 Å². The number of nitrogens with zero attached hydrogens (tertiary/aromatic N) is 6. The van der Waals surface area contributed by atoms with Crippen molar-refractivity contribution in [2.24, 2.45) is 7.05 Å². The van der Waals surface area contributed by atoms with Crippen LogP contribution in [0.5, 0.6) is 0 Å². The Bertz CT molecular complexity index is 1440. The smallest absolute Gasteiger partial charge is 0.255 e. The quantitative estimate of drug-likeness (QED) is 0.407. The van der Waals surface area contributed by atoms with E-state index >= 15 is 0 Å². The van der Waals surface area contributed by atoms with E-state index in [2.05, 4.69) is 27.3 Å². The molecule has 1 amide bonds. The molecule has 0 aliphatic rings. The number of carbonyl (C=O) groups is 2. The van der Waals surface area contributed by atoms with Gasteiger partial charge >= 0.3 is 0 Å². The van der Waals surface area contributed by atoms with Gasteiger partial charge < -0.3 is 5.32 Å². The first-order chi connectivity index (χ1) is 17.2. The normalized spacial score (nSPS) is 11.1. The van der Waals surface area contributed by atoms with Crippen LogP contribution < -0.4 is 5.32 Å². The average molecular weight is 490 g/mol. The van der Waals surface area contributed by atoms with E-state index < -0.39 is 0 Å². The summed E-state index contributed by atoms with van der Waals surface area (Å²) in [5, 5.41) is 11.9. The number of ketones is 1. The fourth-order valence-corrected chi connectivity index (χ4v) is 4.36. The molecule has 0 spiro atoms. The zero-order valence-electron chi connectivity index (χ0n) is 21.0. The van der Waals surface area contributed by atoms with Gasteiger partial charge in [-0.05, 0) is 51.5 Å². The highest BCUT2D eigenvalue weighted by Crippen LogP contribution is 2.28. The topological polar surface area (TPSA) is 108 Å². The highest BCUT2D eigenvalue weighted by molar-refractivity contribution is 5.98. The first-order valence-electron chi connectivity index (χ1n) is 11.6. The van der Waals surface area contributed by atoms with Crippen molar-refractivity contribution in [3.63, 3.8) is 0 Å². The van der Waals surface area contributed by atoms with Crippen molar-refractivity contribution in [2.75, 3.05) is 6.54 Å². The number of rotatable bonds is 8. The van der Waals surface area contributed by atoms with Crippen LogP contribution in [0.3, 0.4) is 0 Å². The van der Waals surface area contributed by atoms with Gasteiger partial charge in [0, 0.05) is 30.7 Å². The summed E-state index contributed by atoms with van der Waals surface area (Å²) in [4.78, 5) is 32.7. The third kappa shape index (κ3) is 4.93. The fourth-order valence-electron chi connectivity index (χ4n) is 4.36. The van der Waals surface area contributed by atoms with E-state index in [1.807, 2.05) is 17.8 Å².